The molecule has 5 heteroatoms. The van der Waals surface area contributed by atoms with E-state index in [0.717, 1.165) is 25.9 Å². The van der Waals surface area contributed by atoms with Crippen LogP contribution in [0.5, 0.6) is 0 Å². The topological polar surface area (TPSA) is 27.7 Å². The highest BCUT2D eigenvalue weighted by Crippen LogP contribution is 2.24. The van der Waals surface area contributed by atoms with Crippen LogP contribution in [0.3, 0.4) is 0 Å². The molecule has 0 heterocycles. The van der Waals surface area contributed by atoms with E-state index in [1.165, 1.54) is 18.5 Å². The van der Waals surface area contributed by atoms with Crippen LogP contribution in [0.15, 0.2) is 0 Å². The van der Waals surface area contributed by atoms with E-state index in [1.54, 1.807) is 0 Å². The van der Waals surface area contributed by atoms with Crippen molar-refractivity contribution in [2.75, 3.05) is 19.8 Å². The molecule has 18 heavy (non-hydrogen) atoms. The van der Waals surface area contributed by atoms with Crippen LogP contribution in [0.25, 0.3) is 0 Å². The maximum atomic E-state index is 5.99. The SMILES string of the molecule is CCO[Si](C)(CC)CCC[Si](C)(OCC)OCC. The fourth-order valence-electron chi connectivity index (χ4n) is 2.28. The van der Waals surface area contributed by atoms with Crippen molar-refractivity contribution in [2.24, 2.45) is 0 Å². The van der Waals surface area contributed by atoms with Gasteiger partial charge in [-0.3, -0.25) is 0 Å². The van der Waals surface area contributed by atoms with Gasteiger partial charge in [-0.15, -0.1) is 0 Å². The van der Waals surface area contributed by atoms with Gasteiger partial charge in [0.1, 0.15) is 0 Å². The van der Waals surface area contributed by atoms with E-state index in [-0.39, 0.29) is 0 Å². The molecule has 0 aliphatic rings. The maximum absolute atomic E-state index is 5.99. The third-order valence-corrected chi connectivity index (χ3v) is 10.4. The Bertz CT molecular complexity index is 208. The van der Waals surface area contributed by atoms with Crippen molar-refractivity contribution in [3.05, 3.63) is 0 Å². The molecule has 0 spiro atoms. The smallest absolute Gasteiger partial charge is 0.334 e. The molecule has 1 unspecified atom stereocenters. The summed E-state index contributed by atoms with van der Waals surface area (Å²) in [4.78, 5) is 0. The van der Waals surface area contributed by atoms with Crippen molar-refractivity contribution in [1.29, 1.82) is 0 Å². The largest absolute Gasteiger partial charge is 0.417 e. The number of hydrogen-bond acceptors (Lipinski definition) is 3. The molecule has 0 fully saturated rings. The van der Waals surface area contributed by atoms with Gasteiger partial charge in [0.2, 0.25) is 0 Å². The highest BCUT2D eigenvalue weighted by atomic mass is 28.4. The van der Waals surface area contributed by atoms with Crippen LogP contribution in [0.4, 0.5) is 0 Å². The normalized spacial score (nSPS) is 15.7. The minimum Gasteiger partial charge on any atom is -0.417 e. The Morgan fingerprint density at radius 2 is 1.22 bits per heavy atom. The van der Waals surface area contributed by atoms with Crippen molar-refractivity contribution in [3.8, 4) is 0 Å². The predicted octanol–water partition coefficient (Wildman–Crippen LogP) is 4.15. The van der Waals surface area contributed by atoms with Crippen molar-refractivity contribution in [2.45, 2.75) is 65.3 Å². The average molecular weight is 293 g/mol. The van der Waals surface area contributed by atoms with Crippen molar-refractivity contribution >= 4 is 16.9 Å². The molecular weight excluding hydrogens is 260 g/mol. The van der Waals surface area contributed by atoms with E-state index in [4.69, 9.17) is 13.3 Å². The molecule has 1 atom stereocenters. The van der Waals surface area contributed by atoms with Crippen LogP contribution < -0.4 is 0 Å². The maximum Gasteiger partial charge on any atom is 0.334 e. The van der Waals surface area contributed by atoms with Gasteiger partial charge in [-0.1, -0.05) is 13.3 Å². The third-order valence-electron chi connectivity index (χ3n) is 3.48. The molecule has 0 saturated carbocycles. The van der Waals surface area contributed by atoms with Gasteiger partial charge in [0, 0.05) is 19.8 Å². The van der Waals surface area contributed by atoms with E-state index in [2.05, 4.69) is 40.8 Å². The fourth-order valence-corrected chi connectivity index (χ4v) is 7.37. The molecule has 0 saturated heterocycles. The summed E-state index contributed by atoms with van der Waals surface area (Å²) in [6.07, 6.45) is 1.18. The van der Waals surface area contributed by atoms with Crippen molar-refractivity contribution < 1.29 is 13.3 Å². The summed E-state index contributed by atoms with van der Waals surface area (Å²) in [5, 5.41) is 0. The van der Waals surface area contributed by atoms with Crippen LogP contribution in [0, 0.1) is 0 Å². The summed E-state index contributed by atoms with van der Waals surface area (Å²) in [7, 11) is -3.38. The zero-order valence-corrected chi connectivity index (χ0v) is 15.2. The Balaban J connectivity index is 4.19. The molecule has 0 rings (SSSR count). The summed E-state index contributed by atoms with van der Waals surface area (Å²) < 4.78 is 17.7. The summed E-state index contributed by atoms with van der Waals surface area (Å²) in [5.74, 6) is 0. The highest BCUT2D eigenvalue weighted by molar-refractivity contribution is 6.72. The molecule has 0 amide bonds. The first kappa shape index (κ1) is 18.3. The van der Waals surface area contributed by atoms with Gasteiger partial charge in [-0.2, -0.15) is 0 Å². The van der Waals surface area contributed by atoms with E-state index < -0.39 is 16.9 Å². The summed E-state index contributed by atoms with van der Waals surface area (Å²) >= 11 is 0. The van der Waals surface area contributed by atoms with Crippen molar-refractivity contribution in [1.82, 2.24) is 0 Å². The standard InChI is InChI=1S/C13H32O3Si2/c1-7-14-17(5,10-4)12-11-13-18(6,15-8-2)16-9-3/h7-13H2,1-6H3. The summed E-state index contributed by atoms with van der Waals surface area (Å²) in [6.45, 7) is 15.4. The second-order valence-corrected chi connectivity index (χ2v) is 12.8. The second kappa shape index (κ2) is 9.25. The quantitative estimate of drug-likeness (QED) is 0.535. The molecule has 0 N–H and O–H groups in total. The minimum absolute atomic E-state index is 0.761. The van der Waals surface area contributed by atoms with Gasteiger partial charge < -0.3 is 13.3 Å². The van der Waals surface area contributed by atoms with Crippen LogP contribution in [0.1, 0.15) is 34.1 Å². The van der Waals surface area contributed by atoms with Gasteiger partial charge in [-0.25, -0.2) is 0 Å². The van der Waals surface area contributed by atoms with Crippen LogP contribution >= 0.6 is 0 Å². The Kier molecular flexibility index (Phi) is 9.42. The van der Waals surface area contributed by atoms with E-state index in [0.29, 0.717) is 0 Å². The molecular formula is C13H32O3Si2. The molecule has 0 aromatic rings. The van der Waals surface area contributed by atoms with E-state index in [9.17, 15) is 0 Å². The highest BCUT2D eigenvalue weighted by Gasteiger charge is 2.33. The van der Waals surface area contributed by atoms with Crippen LogP contribution in [0.2, 0.25) is 31.2 Å². The molecule has 0 aromatic carbocycles. The second-order valence-electron chi connectivity index (χ2n) is 5.09. The Hall–Kier alpha value is 0.314. The first-order chi connectivity index (χ1) is 8.45. The lowest BCUT2D eigenvalue weighted by atomic mass is 10.6. The zero-order chi connectivity index (χ0) is 14.1. The summed E-state index contributed by atoms with van der Waals surface area (Å²) in [6, 6.07) is 3.51. The first-order valence-electron chi connectivity index (χ1n) is 7.37. The molecule has 0 aliphatic carbocycles. The van der Waals surface area contributed by atoms with E-state index >= 15 is 0 Å². The Morgan fingerprint density at radius 1 is 0.722 bits per heavy atom. The molecule has 3 nitrogen and oxygen atoms in total. The molecule has 110 valence electrons. The monoisotopic (exact) mass is 292 g/mol. The van der Waals surface area contributed by atoms with Crippen LogP contribution in [-0.2, 0) is 13.3 Å². The Morgan fingerprint density at radius 3 is 1.61 bits per heavy atom. The third kappa shape index (κ3) is 7.04. The van der Waals surface area contributed by atoms with Gasteiger partial charge in [0.25, 0.3) is 0 Å². The fraction of sp³-hybridized carbons (Fsp3) is 1.00. The van der Waals surface area contributed by atoms with Gasteiger partial charge in [0.05, 0.1) is 0 Å². The van der Waals surface area contributed by atoms with Gasteiger partial charge >= 0.3 is 8.56 Å². The van der Waals surface area contributed by atoms with Gasteiger partial charge in [-0.05, 0) is 52.0 Å². The molecule has 0 bridgehead atoms. The molecule has 0 radical (unpaired) electrons. The van der Waals surface area contributed by atoms with Crippen LogP contribution in [-0.4, -0.2) is 36.7 Å². The first-order valence-corrected chi connectivity index (χ1v) is 12.7. The Labute approximate surface area is 116 Å². The predicted molar refractivity (Wildman–Crippen MR) is 82.8 cm³/mol. The summed E-state index contributed by atoms with van der Waals surface area (Å²) in [5.41, 5.74) is 0. The van der Waals surface area contributed by atoms with Gasteiger partial charge in [0.15, 0.2) is 8.32 Å². The molecule has 0 aromatic heterocycles. The number of hydrogen-bond donors (Lipinski definition) is 0. The number of rotatable bonds is 11. The lowest BCUT2D eigenvalue weighted by molar-refractivity contribution is 0.188. The van der Waals surface area contributed by atoms with E-state index in [1.807, 2.05) is 0 Å². The zero-order valence-electron chi connectivity index (χ0n) is 13.2. The van der Waals surface area contributed by atoms with Crippen molar-refractivity contribution in [3.63, 3.8) is 0 Å². The minimum atomic E-state index is -1.92. The molecule has 0 aliphatic heterocycles. The lowest BCUT2D eigenvalue weighted by Crippen LogP contribution is -2.40. The lowest BCUT2D eigenvalue weighted by Gasteiger charge is -2.29. The average Bonchev–Trinajstić information content (AvgIpc) is 2.30.